The number of ether oxygens (including phenoxy) is 2. The normalized spacial score (nSPS) is 33.0. The van der Waals surface area contributed by atoms with Crippen molar-refractivity contribution in [3.8, 4) is 0 Å². The van der Waals surface area contributed by atoms with Crippen LogP contribution in [0.5, 0.6) is 0 Å². The number of esters is 1. The van der Waals surface area contributed by atoms with Gasteiger partial charge in [0.15, 0.2) is 0 Å². The molecule has 2 aliphatic rings. The zero-order valence-electron chi connectivity index (χ0n) is 9.07. The van der Waals surface area contributed by atoms with Gasteiger partial charge in [-0.15, -0.1) is 0 Å². The molecule has 0 radical (unpaired) electrons. The van der Waals surface area contributed by atoms with Crippen molar-refractivity contribution in [1.29, 1.82) is 0 Å². The molecule has 5 heteroatoms. The summed E-state index contributed by atoms with van der Waals surface area (Å²) in [7, 11) is 2.08. The van der Waals surface area contributed by atoms with E-state index in [-0.39, 0.29) is 18.1 Å². The smallest absolute Gasteiger partial charge is 0.323 e. The van der Waals surface area contributed by atoms with Crippen LogP contribution in [0, 0.1) is 0 Å². The monoisotopic (exact) mass is 214 g/mol. The first kappa shape index (κ1) is 10.9. The van der Waals surface area contributed by atoms with E-state index < -0.39 is 0 Å². The minimum Gasteiger partial charge on any atom is -0.464 e. The van der Waals surface area contributed by atoms with E-state index >= 15 is 0 Å². The molecule has 2 saturated heterocycles. The summed E-state index contributed by atoms with van der Waals surface area (Å²) in [4.78, 5) is 13.4. The molecule has 0 bridgehead atoms. The molecular weight excluding hydrogens is 196 g/mol. The molecule has 2 aliphatic heterocycles. The maximum absolute atomic E-state index is 11.2. The fourth-order valence-corrected chi connectivity index (χ4v) is 1.95. The molecule has 1 N–H and O–H groups in total. The standard InChI is InChI=1S/C10H18N2O3/c1-12-3-5-14-8(7-12)6-11-9-2-4-15-10(9)13/h8-9,11H,2-7H2,1H3/t8-,9-/m1/s1. The summed E-state index contributed by atoms with van der Waals surface area (Å²) in [6.45, 7) is 3.96. The predicted molar refractivity (Wildman–Crippen MR) is 54.6 cm³/mol. The van der Waals surface area contributed by atoms with Gasteiger partial charge in [0.2, 0.25) is 0 Å². The van der Waals surface area contributed by atoms with Crippen molar-refractivity contribution < 1.29 is 14.3 Å². The Balaban J connectivity index is 1.70. The molecule has 2 fully saturated rings. The largest absolute Gasteiger partial charge is 0.464 e. The summed E-state index contributed by atoms with van der Waals surface area (Å²) in [6, 6.07) is -0.124. The zero-order valence-corrected chi connectivity index (χ0v) is 9.07. The topological polar surface area (TPSA) is 50.8 Å². The molecule has 0 aromatic heterocycles. The van der Waals surface area contributed by atoms with Gasteiger partial charge < -0.3 is 19.7 Å². The van der Waals surface area contributed by atoms with Crippen LogP contribution in [0.4, 0.5) is 0 Å². The van der Waals surface area contributed by atoms with E-state index in [1.807, 2.05) is 0 Å². The number of rotatable bonds is 3. The number of cyclic esters (lactones) is 1. The van der Waals surface area contributed by atoms with E-state index in [0.717, 1.165) is 32.7 Å². The number of hydrogen-bond donors (Lipinski definition) is 1. The molecule has 0 aromatic carbocycles. The Bertz CT molecular complexity index is 235. The Hall–Kier alpha value is -0.650. The van der Waals surface area contributed by atoms with Crippen LogP contribution in [0.15, 0.2) is 0 Å². The molecule has 0 unspecified atom stereocenters. The van der Waals surface area contributed by atoms with Gasteiger partial charge >= 0.3 is 5.97 Å². The molecule has 2 atom stereocenters. The number of morpholine rings is 1. The van der Waals surface area contributed by atoms with Gasteiger partial charge in [-0.25, -0.2) is 0 Å². The lowest BCUT2D eigenvalue weighted by molar-refractivity contribution is -0.139. The fraction of sp³-hybridized carbons (Fsp3) is 0.900. The van der Waals surface area contributed by atoms with Gasteiger partial charge in [0.1, 0.15) is 6.04 Å². The number of hydrogen-bond acceptors (Lipinski definition) is 5. The van der Waals surface area contributed by atoms with Crippen molar-refractivity contribution in [2.45, 2.75) is 18.6 Å². The Kier molecular flexibility index (Phi) is 3.56. The van der Waals surface area contributed by atoms with Crippen molar-refractivity contribution in [3.63, 3.8) is 0 Å². The second-order valence-corrected chi connectivity index (χ2v) is 4.17. The SMILES string of the molecule is CN1CCO[C@H](CN[C@@H]2CCOC2=O)C1. The fourth-order valence-electron chi connectivity index (χ4n) is 1.95. The Morgan fingerprint density at radius 2 is 2.40 bits per heavy atom. The average molecular weight is 214 g/mol. The molecule has 2 heterocycles. The number of carbonyl (C=O) groups is 1. The average Bonchev–Trinajstić information content (AvgIpc) is 2.61. The highest BCUT2D eigenvalue weighted by Gasteiger charge is 2.27. The molecule has 0 saturated carbocycles. The summed E-state index contributed by atoms with van der Waals surface area (Å²) < 4.78 is 10.5. The molecular formula is C10H18N2O3. The van der Waals surface area contributed by atoms with E-state index in [9.17, 15) is 4.79 Å². The maximum Gasteiger partial charge on any atom is 0.323 e. The molecule has 0 aromatic rings. The highest BCUT2D eigenvalue weighted by molar-refractivity contribution is 5.77. The maximum atomic E-state index is 11.2. The van der Waals surface area contributed by atoms with Crippen molar-refractivity contribution in [2.24, 2.45) is 0 Å². The number of nitrogens with one attached hydrogen (secondary N) is 1. The minimum absolute atomic E-state index is 0.124. The van der Waals surface area contributed by atoms with Gasteiger partial charge in [0.25, 0.3) is 0 Å². The van der Waals surface area contributed by atoms with Gasteiger partial charge in [-0.3, -0.25) is 4.79 Å². The first-order chi connectivity index (χ1) is 7.25. The van der Waals surface area contributed by atoms with Crippen LogP contribution in [-0.2, 0) is 14.3 Å². The summed E-state index contributed by atoms with van der Waals surface area (Å²) in [6.07, 6.45) is 0.971. The second kappa shape index (κ2) is 4.92. The summed E-state index contributed by atoms with van der Waals surface area (Å²) >= 11 is 0. The molecule has 2 rings (SSSR count). The van der Waals surface area contributed by atoms with Crippen LogP contribution in [-0.4, -0.2) is 62.9 Å². The third-order valence-corrected chi connectivity index (χ3v) is 2.87. The van der Waals surface area contributed by atoms with Gasteiger partial charge in [0.05, 0.1) is 19.3 Å². The molecule has 86 valence electrons. The Labute approximate surface area is 89.7 Å². The van der Waals surface area contributed by atoms with Crippen LogP contribution < -0.4 is 5.32 Å². The predicted octanol–water partition coefficient (Wildman–Crippen LogP) is -0.778. The number of nitrogens with zero attached hydrogens (tertiary/aromatic N) is 1. The van der Waals surface area contributed by atoms with E-state index in [0.29, 0.717) is 6.61 Å². The first-order valence-electron chi connectivity index (χ1n) is 5.46. The third-order valence-electron chi connectivity index (χ3n) is 2.87. The van der Waals surface area contributed by atoms with Crippen LogP contribution >= 0.6 is 0 Å². The molecule has 15 heavy (non-hydrogen) atoms. The first-order valence-corrected chi connectivity index (χ1v) is 5.46. The van der Waals surface area contributed by atoms with Crippen LogP contribution in [0.3, 0.4) is 0 Å². The summed E-state index contributed by atoms with van der Waals surface area (Å²) in [5.41, 5.74) is 0. The molecule has 0 spiro atoms. The van der Waals surface area contributed by atoms with E-state index in [1.165, 1.54) is 0 Å². The Morgan fingerprint density at radius 1 is 1.53 bits per heavy atom. The van der Waals surface area contributed by atoms with E-state index in [2.05, 4.69) is 17.3 Å². The van der Waals surface area contributed by atoms with Gasteiger partial charge in [-0.1, -0.05) is 0 Å². The molecule has 0 aliphatic carbocycles. The van der Waals surface area contributed by atoms with Crippen molar-refractivity contribution in [2.75, 3.05) is 39.9 Å². The van der Waals surface area contributed by atoms with E-state index in [1.54, 1.807) is 0 Å². The molecule has 5 nitrogen and oxygen atoms in total. The van der Waals surface area contributed by atoms with Gasteiger partial charge in [-0.2, -0.15) is 0 Å². The number of likely N-dealkylation sites (N-methyl/N-ethyl adjacent to an activating group) is 1. The van der Waals surface area contributed by atoms with Gasteiger partial charge in [-0.05, 0) is 7.05 Å². The highest BCUT2D eigenvalue weighted by atomic mass is 16.5. The third kappa shape index (κ3) is 2.90. The lowest BCUT2D eigenvalue weighted by Crippen LogP contribution is -2.47. The van der Waals surface area contributed by atoms with Gasteiger partial charge in [0, 0.05) is 26.1 Å². The van der Waals surface area contributed by atoms with E-state index in [4.69, 9.17) is 9.47 Å². The minimum atomic E-state index is -0.126. The second-order valence-electron chi connectivity index (χ2n) is 4.17. The van der Waals surface area contributed by atoms with Crippen LogP contribution in [0.1, 0.15) is 6.42 Å². The Morgan fingerprint density at radius 3 is 3.07 bits per heavy atom. The zero-order chi connectivity index (χ0) is 10.7. The van der Waals surface area contributed by atoms with Crippen molar-refractivity contribution >= 4 is 5.97 Å². The lowest BCUT2D eigenvalue weighted by atomic mass is 10.2. The lowest BCUT2D eigenvalue weighted by Gasteiger charge is -2.30. The number of carbonyl (C=O) groups excluding carboxylic acids is 1. The highest BCUT2D eigenvalue weighted by Crippen LogP contribution is 2.07. The quantitative estimate of drug-likeness (QED) is 0.625. The van der Waals surface area contributed by atoms with Crippen LogP contribution in [0.25, 0.3) is 0 Å². The summed E-state index contributed by atoms with van der Waals surface area (Å²) in [5, 5.41) is 3.20. The van der Waals surface area contributed by atoms with Crippen molar-refractivity contribution in [1.82, 2.24) is 10.2 Å². The molecule has 0 amide bonds. The van der Waals surface area contributed by atoms with Crippen LogP contribution in [0.2, 0.25) is 0 Å². The van der Waals surface area contributed by atoms with Crippen molar-refractivity contribution in [3.05, 3.63) is 0 Å². The summed E-state index contributed by atoms with van der Waals surface area (Å²) in [5.74, 6) is -0.126.